The summed E-state index contributed by atoms with van der Waals surface area (Å²) in [6.45, 7) is 0. The number of hydrogen-bond acceptors (Lipinski definition) is 3. The molecular weight excluding hydrogens is 300 g/mol. The van der Waals surface area contributed by atoms with Crippen molar-refractivity contribution in [2.75, 3.05) is 7.11 Å². The van der Waals surface area contributed by atoms with Gasteiger partial charge in [-0.1, -0.05) is 18.2 Å². The van der Waals surface area contributed by atoms with Crippen LogP contribution < -0.4 is 4.74 Å². The van der Waals surface area contributed by atoms with Crippen molar-refractivity contribution in [2.45, 2.75) is 12.5 Å². The molecule has 1 aromatic heterocycles. The first kappa shape index (κ1) is 12.6. The molecule has 2 aromatic rings. The third kappa shape index (κ3) is 3.09. The number of thiophene rings is 1. The van der Waals surface area contributed by atoms with E-state index in [0.717, 1.165) is 20.7 Å². The largest absolute Gasteiger partial charge is 0.496 e. The fourth-order valence-electron chi connectivity index (χ4n) is 1.70. The number of methoxy groups -OCH3 is 1. The van der Waals surface area contributed by atoms with E-state index in [4.69, 9.17) is 4.74 Å². The Morgan fingerprint density at radius 2 is 2.18 bits per heavy atom. The Bertz CT molecular complexity index is 496. The Hall–Kier alpha value is -0.840. The zero-order valence-corrected chi connectivity index (χ0v) is 11.8. The highest BCUT2D eigenvalue weighted by atomic mass is 79.9. The highest BCUT2D eigenvalue weighted by molar-refractivity contribution is 9.11. The maximum Gasteiger partial charge on any atom is 0.122 e. The van der Waals surface area contributed by atoms with Gasteiger partial charge in [0.15, 0.2) is 0 Å². The minimum Gasteiger partial charge on any atom is -0.496 e. The minimum atomic E-state index is -0.492. The standard InChI is InChI=1S/C13H13BrO2S/c1-16-12-5-3-2-4-9(12)6-11(15)10-7-13(14)17-8-10/h2-5,7-8,11,15H,6H2,1H3. The summed E-state index contributed by atoms with van der Waals surface area (Å²) in [7, 11) is 1.65. The Labute approximate surface area is 113 Å². The number of aliphatic hydroxyl groups excluding tert-OH is 1. The number of hydrogen-bond donors (Lipinski definition) is 1. The molecule has 0 fully saturated rings. The van der Waals surface area contributed by atoms with Gasteiger partial charge in [0.05, 0.1) is 17.0 Å². The molecule has 0 radical (unpaired) electrons. The Kier molecular flexibility index (Phi) is 4.20. The van der Waals surface area contributed by atoms with Gasteiger partial charge in [-0.25, -0.2) is 0 Å². The van der Waals surface area contributed by atoms with Crippen molar-refractivity contribution in [1.82, 2.24) is 0 Å². The number of halogens is 1. The van der Waals surface area contributed by atoms with Gasteiger partial charge in [0.25, 0.3) is 0 Å². The molecule has 1 unspecified atom stereocenters. The summed E-state index contributed by atoms with van der Waals surface area (Å²) >= 11 is 4.98. The second-order valence-electron chi connectivity index (χ2n) is 3.72. The molecule has 1 N–H and O–H groups in total. The molecule has 0 bridgehead atoms. The van der Waals surface area contributed by atoms with Crippen molar-refractivity contribution in [3.63, 3.8) is 0 Å². The van der Waals surface area contributed by atoms with E-state index in [2.05, 4.69) is 15.9 Å². The van der Waals surface area contributed by atoms with E-state index >= 15 is 0 Å². The Morgan fingerprint density at radius 1 is 1.41 bits per heavy atom. The first-order chi connectivity index (χ1) is 8.20. The van der Waals surface area contributed by atoms with Crippen molar-refractivity contribution < 1.29 is 9.84 Å². The summed E-state index contributed by atoms with van der Waals surface area (Å²) in [5.74, 6) is 0.820. The van der Waals surface area contributed by atoms with Crippen molar-refractivity contribution in [1.29, 1.82) is 0 Å². The van der Waals surface area contributed by atoms with Crippen LogP contribution in [0.15, 0.2) is 39.5 Å². The van der Waals surface area contributed by atoms with E-state index in [1.54, 1.807) is 18.4 Å². The molecule has 1 aromatic carbocycles. The Balaban J connectivity index is 2.15. The predicted molar refractivity (Wildman–Crippen MR) is 73.7 cm³/mol. The van der Waals surface area contributed by atoms with E-state index in [-0.39, 0.29) is 0 Å². The van der Waals surface area contributed by atoms with Crippen LogP contribution in [0.25, 0.3) is 0 Å². The lowest BCUT2D eigenvalue weighted by molar-refractivity contribution is 0.177. The van der Waals surface area contributed by atoms with Gasteiger partial charge in [0, 0.05) is 6.42 Å². The van der Waals surface area contributed by atoms with E-state index in [1.165, 1.54) is 0 Å². The van der Waals surface area contributed by atoms with Crippen LogP contribution in [-0.2, 0) is 6.42 Å². The van der Waals surface area contributed by atoms with Gasteiger partial charge in [-0.2, -0.15) is 0 Å². The molecule has 1 atom stereocenters. The van der Waals surface area contributed by atoms with Crippen LogP contribution in [0.1, 0.15) is 17.2 Å². The van der Waals surface area contributed by atoms with Crippen LogP contribution in [-0.4, -0.2) is 12.2 Å². The van der Waals surface area contributed by atoms with E-state index in [9.17, 15) is 5.11 Å². The molecule has 1 heterocycles. The summed E-state index contributed by atoms with van der Waals surface area (Å²) in [6.07, 6.45) is 0.0709. The van der Waals surface area contributed by atoms with E-state index < -0.39 is 6.10 Å². The second kappa shape index (κ2) is 5.67. The van der Waals surface area contributed by atoms with E-state index in [0.29, 0.717) is 6.42 Å². The van der Waals surface area contributed by atoms with Crippen molar-refractivity contribution in [3.8, 4) is 5.75 Å². The monoisotopic (exact) mass is 312 g/mol. The second-order valence-corrected chi connectivity index (χ2v) is 6.01. The minimum absolute atomic E-state index is 0.492. The lowest BCUT2D eigenvalue weighted by Gasteiger charge is -2.12. The topological polar surface area (TPSA) is 29.5 Å². The number of ether oxygens (including phenoxy) is 1. The smallest absolute Gasteiger partial charge is 0.122 e. The summed E-state index contributed by atoms with van der Waals surface area (Å²) in [5.41, 5.74) is 1.96. The average molecular weight is 313 g/mol. The predicted octanol–water partition coefficient (Wildman–Crippen LogP) is 3.80. The average Bonchev–Trinajstić information content (AvgIpc) is 2.77. The van der Waals surface area contributed by atoms with Gasteiger partial charge in [-0.3, -0.25) is 0 Å². The normalized spacial score (nSPS) is 12.4. The first-order valence-corrected chi connectivity index (χ1v) is 6.92. The van der Waals surface area contributed by atoms with Crippen molar-refractivity contribution in [2.24, 2.45) is 0 Å². The number of rotatable bonds is 4. The lowest BCUT2D eigenvalue weighted by Crippen LogP contribution is -2.02. The van der Waals surface area contributed by atoms with Crippen LogP contribution in [0.4, 0.5) is 0 Å². The van der Waals surface area contributed by atoms with Gasteiger partial charge in [-0.15, -0.1) is 11.3 Å². The highest BCUT2D eigenvalue weighted by Crippen LogP contribution is 2.29. The molecule has 0 spiro atoms. The van der Waals surface area contributed by atoms with Crippen LogP contribution >= 0.6 is 27.3 Å². The molecule has 17 heavy (non-hydrogen) atoms. The molecule has 0 aliphatic carbocycles. The molecule has 0 aliphatic heterocycles. The third-order valence-electron chi connectivity index (χ3n) is 2.58. The number of aliphatic hydroxyl groups is 1. The van der Waals surface area contributed by atoms with Gasteiger partial charge in [-0.05, 0) is 44.6 Å². The first-order valence-electron chi connectivity index (χ1n) is 5.24. The summed E-state index contributed by atoms with van der Waals surface area (Å²) in [4.78, 5) is 0. The number of para-hydroxylation sites is 1. The Morgan fingerprint density at radius 3 is 2.82 bits per heavy atom. The molecule has 0 saturated carbocycles. The van der Waals surface area contributed by atoms with Crippen LogP contribution in [0.2, 0.25) is 0 Å². The molecule has 0 aliphatic rings. The highest BCUT2D eigenvalue weighted by Gasteiger charge is 2.12. The molecule has 2 rings (SSSR count). The van der Waals surface area contributed by atoms with Crippen LogP contribution in [0, 0.1) is 0 Å². The molecular formula is C13H13BrO2S. The molecule has 90 valence electrons. The quantitative estimate of drug-likeness (QED) is 0.930. The SMILES string of the molecule is COc1ccccc1CC(O)c1csc(Br)c1. The van der Waals surface area contributed by atoms with Gasteiger partial charge in [0.2, 0.25) is 0 Å². The molecule has 4 heteroatoms. The molecule has 0 amide bonds. The fraction of sp³-hybridized carbons (Fsp3) is 0.231. The fourth-order valence-corrected chi connectivity index (χ4v) is 2.92. The van der Waals surface area contributed by atoms with Crippen molar-refractivity contribution >= 4 is 27.3 Å². The zero-order chi connectivity index (χ0) is 12.3. The summed E-state index contributed by atoms with van der Waals surface area (Å²) in [6, 6.07) is 9.71. The van der Waals surface area contributed by atoms with E-state index in [1.807, 2.05) is 35.7 Å². The lowest BCUT2D eigenvalue weighted by atomic mass is 10.0. The van der Waals surface area contributed by atoms with Gasteiger partial charge < -0.3 is 9.84 Å². The zero-order valence-electron chi connectivity index (χ0n) is 9.39. The van der Waals surface area contributed by atoms with Crippen molar-refractivity contribution in [3.05, 3.63) is 50.6 Å². The summed E-state index contributed by atoms with van der Waals surface area (Å²) in [5, 5.41) is 12.1. The summed E-state index contributed by atoms with van der Waals surface area (Å²) < 4.78 is 6.30. The number of benzene rings is 1. The van der Waals surface area contributed by atoms with Gasteiger partial charge in [0.1, 0.15) is 5.75 Å². The van der Waals surface area contributed by atoms with Crippen LogP contribution in [0.5, 0.6) is 5.75 Å². The molecule has 0 saturated heterocycles. The maximum absolute atomic E-state index is 10.1. The van der Waals surface area contributed by atoms with Gasteiger partial charge >= 0.3 is 0 Å². The van der Waals surface area contributed by atoms with Crippen LogP contribution in [0.3, 0.4) is 0 Å². The third-order valence-corrected chi connectivity index (χ3v) is 4.10. The molecule has 2 nitrogen and oxygen atoms in total. The maximum atomic E-state index is 10.1.